The predicted octanol–water partition coefficient (Wildman–Crippen LogP) is 2.39. The highest BCUT2D eigenvalue weighted by atomic mass is 19.1. The lowest BCUT2D eigenvalue weighted by atomic mass is 9.77. The van der Waals surface area contributed by atoms with Crippen molar-refractivity contribution in [3.8, 4) is 0 Å². The normalized spacial score (nSPS) is 28.3. The lowest BCUT2D eigenvalue weighted by Crippen LogP contribution is -2.52. The van der Waals surface area contributed by atoms with Gasteiger partial charge in [0.25, 0.3) is 0 Å². The summed E-state index contributed by atoms with van der Waals surface area (Å²) in [5, 5.41) is 23.1. The van der Waals surface area contributed by atoms with Gasteiger partial charge in [0.1, 0.15) is 5.82 Å². The smallest absolute Gasteiger partial charge is 0.123 e. The van der Waals surface area contributed by atoms with Crippen LogP contribution in [0.25, 0.3) is 0 Å². The van der Waals surface area contributed by atoms with E-state index < -0.39 is 6.10 Å². The van der Waals surface area contributed by atoms with Crippen molar-refractivity contribution in [3.05, 3.63) is 35.6 Å². The fourth-order valence-corrected chi connectivity index (χ4v) is 2.85. The number of aliphatic hydroxyl groups excluding tert-OH is 2. The molecule has 1 atom stereocenters. The van der Waals surface area contributed by atoms with E-state index in [0.717, 1.165) is 25.7 Å². The topological polar surface area (TPSA) is 52.5 Å². The Morgan fingerprint density at radius 3 is 2.70 bits per heavy atom. The Bertz CT molecular complexity index is 430. The van der Waals surface area contributed by atoms with Crippen LogP contribution in [0.3, 0.4) is 0 Å². The van der Waals surface area contributed by atoms with Crippen LogP contribution in [0.2, 0.25) is 0 Å². The number of hydrogen-bond acceptors (Lipinski definition) is 3. The van der Waals surface area contributed by atoms with Gasteiger partial charge < -0.3 is 15.5 Å². The number of β-amino-alcohol motifs (C(OH)–C–C–N with tert-alkyl or cyclic N) is 1. The van der Waals surface area contributed by atoms with Gasteiger partial charge in [-0.1, -0.05) is 19.1 Å². The van der Waals surface area contributed by atoms with E-state index in [1.54, 1.807) is 12.1 Å². The number of benzene rings is 1. The molecule has 0 radical (unpaired) electrons. The molecule has 20 heavy (non-hydrogen) atoms. The Hall–Kier alpha value is -0.970. The van der Waals surface area contributed by atoms with Crippen LogP contribution in [0.4, 0.5) is 4.39 Å². The van der Waals surface area contributed by atoms with E-state index in [2.05, 4.69) is 12.2 Å². The lowest BCUT2D eigenvalue weighted by molar-refractivity contribution is 0.0835. The summed E-state index contributed by atoms with van der Waals surface area (Å²) in [5.74, 6) is 0.356. The third kappa shape index (κ3) is 3.78. The first-order valence-electron chi connectivity index (χ1n) is 7.34. The fraction of sp³-hybridized carbons (Fsp3) is 0.625. The number of nitrogens with one attached hydrogen (secondary N) is 1. The maximum Gasteiger partial charge on any atom is 0.123 e. The molecule has 0 saturated heterocycles. The molecule has 0 heterocycles. The Balaban J connectivity index is 1.93. The molecule has 0 spiro atoms. The van der Waals surface area contributed by atoms with E-state index in [0.29, 0.717) is 18.0 Å². The molecule has 4 heteroatoms. The summed E-state index contributed by atoms with van der Waals surface area (Å²) >= 11 is 0. The maximum atomic E-state index is 13.1. The average molecular weight is 281 g/mol. The molecule has 1 aliphatic rings. The monoisotopic (exact) mass is 281 g/mol. The van der Waals surface area contributed by atoms with Crippen LogP contribution in [0.15, 0.2) is 24.3 Å². The average Bonchev–Trinajstić information content (AvgIpc) is 2.47. The number of rotatable bonds is 5. The predicted molar refractivity (Wildman–Crippen MR) is 76.8 cm³/mol. The molecule has 0 bridgehead atoms. The molecule has 1 unspecified atom stereocenters. The van der Waals surface area contributed by atoms with Gasteiger partial charge >= 0.3 is 0 Å². The Morgan fingerprint density at radius 2 is 2.10 bits per heavy atom. The first-order chi connectivity index (χ1) is 9.54. The molecule has 1 saturated carbocycles. The molecule has 1 aromatic carbocycles. The Kier molecular flexibility index (Phi) is 5.13. The minimum Gasteiger partial charge on any atom is -0.394 e. The first kappa shape index (κ1) is 15.4. The molecule has 0 aliphatic heterocycles. The summed E-state index contributed by atoms with van der Waals surface area (Å²) in [4.78, 5) is 0. The molecule has 3 nitrogen and oxygen atoms in total. The second-order valence-corrected chi connectivity index (χ2v) is 6.07. The molecule has 1 fully saturated rings. The van der Waals surface area contributed by atoms with Crippen molar-refractivity contribution in [3.63, 3.8) is 0 Å². The second kappa shape index (κ2) is 6.66. The van der Waals surface area contributed by atoms with Crippen LogP contribution in [0.1, 0.15) is 44.3 Å². The van der Waals surface area contributed by atoms with Gasteiger partial charge in [-0.25, -0.2) is 4.39 Å². The van der Waals surface area contributed by atoms with Crippen LogP contribution in [-0.2, 0) is 0 Å². The first-order valence-corrected chi connectivity index (χ1v) is 7.34. The van der Waals surface area contributed by atoms with Gasteiger partial charge in [-0.3, -0.25) is 0 Å². The summed E-state index contributed by atoms with van der Waals surface area (Å²) in [5.41, 5.74) is 0.274. The van der Waals surface area contributed by atoms with Gasteiger partial charge in [-0.15, -0.1) is 0 Å². The van der Waals surface area contributed by atoms with Crippen molar-refractivity contribution >= 4 is 0 Å². The molecule has 1 aliphatic carbocycles. The van der Waals surface area contributed by atoms with Crippen molar-refractivity contribution < 1.29 is 14.6 Å². The summed E-state index contributed by atoms with van der Waals surface area (Å²) in [6.07, 6.45) is 3.25. The largest absolute Gasteiger partial charge is 0.394 e. The van der Waals surface area contributed by atoms with E-state index in [-0.39, 0.29) is 18.0 Å². The highest BCUT2D eigenvalue weighted by molar-refractivity contribution is 5.19. The zero-order chi connectivity index (χ0) is 14.6. The van der Waals surface area contributed by atoms with Crippen molar-refractivity contribution in [1.29, 1.82) is 0 Å². The SMILES string of the molecule is CC1CCC(CO)(NCC(O)c2cccc(F)c2)CC1. The number of hydrogen-bond donors (Lipinski definition) is 3. The van der Waals surface area contributed by atoms with Gasteiger partial charge in [-0.2, -0.15) is 0 Å². The molecule has 2 rings (SSSR count). The van der Waals surface area contributed by atoms with Gasteiger partial charge in [0, 0.05) is 12.1 Å². The van der Waals surface area contributed by atoms with E-state index >= 15 is 0 Å². The van der Waals surface area contributed by atoms with Crippen LogP contribution in [-0.4, -0.2) is 28.9 Å². The third-order valence-corrected chi connectivity index (χ3v) is 4.44. The zero-order valence-corrected chi connectivity index (χ0v) is 12.0. The summed E-state index contributed by atoms with van der Waals surface area (Å²) in [7, 11) is 0. The van der Waals surface area contributed by atoms with Crippen LogP contribution in [0.5, 0.6) is 0 Å². The van der Waals surface area contributed by atoms with Crippen LogP contribution < -0.4 is 5.32 Å². The standard InChI is InChI=1S/C16H24FNO2/c1-12-5-7-16(11-19,8-6-12)18-10-15(20)13-3-2-4-14(17)9-13/h2-4,9,12,15,18-20H,5-8,10-11H2,1H3. The third-order valence-electron chi connectivity index (χ3n) is 4.44. The minimum atomic E-state index is -0.756. The summed E-state index contributed by atoms with van der Waals surface area (Å²) < 4.78 is 13.1. The Labute approximate surface area is 119 Å². The fourth-order valence-electron chi connectivity index (χ4n) is 2.85. The van der Waals surface area contributed by atoms with Gasteiger partial charge in [0.15, 0.2) is 0 Å². The lowest BCUT2D eigenvalue weighted by Gasteiger charge is -2.39. The van der Waals surface area contributed by atoms with Gasteiger partial charge in [0.05, 0.1) is 12.7 Å². The summed E-state index contributed by atoms with van der Waals surface area (Å²) in [6.45, 7) is 2.64. The van der Waals surface area contributed by atoms with Crippen LogP contribution >= 0.6 is 0 Å². The van der Waals surface area contributed by atoms with E-state index in [1.165, 1.54) is 12.1 Å². The van der Waals surface area contributed by atoms with Crippen molar-refractivity contribution in [2.75, 3.05) is 13.2 Å². The molecular weight excluding hydrogens is 257 g/mol. The minimum absolute atomic E-state index is 0.0790. The van der Waals surface area contributed by atoms with Gasteiger partial charge in [0.2, 0.25) is 0 Å². The van der Waals surface area contributed by atoms with Crippen molar-refractivity contribution in [2.24, 2.45) is 5.92 Å². The van der Waals surface area contributed by atoms with E-state index in [4.69, 9.17) is 0 Å². The molecular formula is C16H24FNO2. The van der Waals surface area contributed by atoms with E-state index in [1.807, 2.05) is 0 Å². The number of halogens is 1. The molecule has 112 valence electrons. The highest BCUT2D eigenvalue weighted by Crippen LogP contribution is 2.32. The number of aliphatic hydroxyl groups is 2. The Morgan fingerprint density at radius 1 is 1.40 bits per heavy atom. The zero-order valence-electron chi connectivity index (χ0n) is 12.0. The quantitative estimate of drug-likeness (QED) is 0.777. The second-order valence-electron chi connectivity index (χ2n) is 6.07. The summed E-state index contributed by atoms with van der Waals surface area (Å²) in [6, 6.07) is 6.02. The molecule has 3 N–H and O–H groups in total. The molecule has 0 amide bonds. The molecule has 0 aromatic heterocycles. The van der Waals surface area contributed by atoms with Gasteiger partial charge in [-0.05, 0) is 49.3 Å². The van der Waals surface area contributed by atoms with E-state index in [9.17, 15) is 14.6 Å². The van der Waals surface area contributed by atoms with Crippen molar-refractivity contribution in [2.45, 2.75) is 44.2 Å². The van der Waals surface area contributed by atoms with Crippen molar-refractivity contribution in [1.82, 2.24) is 5.32 Å². The highest BCUT2D eigenvalue weighted by Gasteiger charge is 2.33. The van der Waals surface area contributed by atoms with Crippen LogP contribution in [0, 0.1) is 11.7 Å². The maximum absolute atomic E-state index is 13.1. The molecule has 1 aromatic rings.